The summed E-state index contributed by atoms with van der Waals surface area (Å²) in [5.74, 6) is -11.0. The van der Waals surface area contributed by atoms with Crippen LogP contribution >= 0.6 is 23.5 Å². The van der Waals surface area contributed by atoms with Gasteiger partial charge in [0.2, 0.25) is 53.2 Å². The zero-order valence-electron chi connectivity index (χ0n) is 51.7. The predicted molar refractivity (Wildman–Crippen MR) is 339 cm³/mol. The van der Waals surface area contributed by atoms with Crippen LogP contribution in [0.1, 0.15) is 86.7 Å². The smallest absolute Gasteiger partial charge is 0.266 e. The number of nitrogens with one attached hydrogen (secondary N) is 9. The van der Waals surface area contributed by atoms with E-state index < -0.39 is 132 Å². The zero-order chi connectivity index (χ0) is 67.8. The molecule has 0 radical (unpaired) electrons. The number of nitrogens with zero attached hydrogens (tertiary/aromatic N) is 3. The molecule has 10 amide bonds. The highest BCUT2D eigenvalue weighted by atomic mass is 32.2. The molecular formula is C62H78N13O17S2-. The Labute approximate surface area is 549 Å². The zero-order valence-corrected chi connectivity index (χ0v) is 53.3. The number of carboxylic acid groups (broad SMARTS) is 1. The minimum Gasteiger partial charge on any atom is -0.550 e. The van der Waals surface area contributed by atoms with Crippen molar-refractivity contribution in [1.82, 2.24) is 57.4 Å². The fourth-order valence-electron chi connectivity index (χ4n) is 10.4. The van der Waals surface area contributed by atoms with Crippen molar-refractivity contribution in [2.24, 2.45) is 10.9 Å². The molecule has 10 atom stereocenters. The number of amides is 10. The number of aliphatic hydroxyl groups is 1. The van der Waals surface area contributed by atoms with Crippen molar-refractivity contribution in [2.45, 2.75) is 150 Å². The summed E-state index contributed by atoms with van der Waals surface area (Å²) in [7, 11) is 0. The van der Waals surface area contributed by atoms with E-state index in [4.69, 9.17) is 15.3 Å². The summed E-state index contributed by atoms with van der Waals surface area (Å²) in [6, 6.07) is 2.68. The molecule has 4 heterocycles. The van der Waals surface area contributed by atoms with Crippen LogP contribution in [0.15, 0.2) is 84.4 Å². The number of aromatic nitrogens is 2. The van der Waals surface area contributed by atoms with Crippen LogP contribution in [-0.4, -0.2) is 193 Å². The summed E-state index contributed by atoms with van der Waals surface area (Å²) in [5, 5.41) is 67.6. The first-order valence-corrected chi connectivity index (χ1v) is 32.8. The van der Waals surface area contributed by atoms with E-state index >= 15 is 4.79 Å². The Morgan fingerprint density at radius 2 is 1.26 bits per heavy atom. The molecule has 3 aromatic carbocycles. The number of rotatable bonds is 10. The molecule has 1 aromatic heterocycles. The first kappa shape index (κ1) is 72.0. The average Bonchev–Trinajstić information content (AvgIpc) is 1.60. The van der Waals surface area contributed by atoms with Gasteiger partial charge in [-0.25, -0.2) is 4.98 Å². The Kier molecular flexibility index (Phi) is 27.2. The molecule has 0 unspecified atom stereocenters. The Balaban J connectivity index is 1.28. The van der Waals surface area contributed by atoms with Crippen LogP contribution in [-0.2, 0) is 88.3 Å². The first-order valence-electron chi connectivity index (χ1n) is 30.5. The van der Waals surface area contributed by atoms with Crippen molar-refractivity contribution in [1.29, 1.82) is 0 Å². The fraction of sp³-hybridized carbons (Fsp3) is 0.468. The van der Waals surface area contributed by atoms with E-state index in [0.29, 0.717) is 53.1 Å². The number of aromatic amines is 1. The van der Waals surface area contributed by atoms with Gasteiger partial charge in [-0.1, -0.05) is 35.5 Å². The number of phenolic OH excluding ortho intramolecular Hbond substituents is 2. The lowest BCUT2D eigenvalue weighted by Gasteiger charge is -2.31. The van der Waals surface area contributed by atoms with Crippen LogP contribution in [0.3, 0.4) is 0 Å². The summed E-state index contributed by atoms with van der Waals surface area (Å²) in [4.78, 5) is 168. The number of carbonyl (C=O) groups is 11. The number of oxime groups is 1. The SMILES string of the molecule is C[C@@H]1NC(=O)/C=N/OCCCCCCOc2cc3cc(c2)CSC[C@H](NC1=O)C(=O)N[C@@H](Cc1ccc(O)cc1)C(=O)N1CCC[C@H]1C(=O)N[C@@H](CC(=O)[O-])C(=O)N[C@@H]([C@@H](C)O)C(=O)N[C@@H](Cc1ccc(O)cc1)C(=O)N[C@@H](Cc1cnc[nH]1)C(=O)N[C@H](C(N)=O)CSC3. The number of ether oxygens (including phenoxy) is 1. The third kappa shape index (κ3) is 22.4. The van der Waals surface area contributed by atoms with Gasteiger partial charge in [-0.05, 0) is 111 Å². The standard InChI is InChI=1S/C62H79N13O17S2/c1-34-55(83)73-49-32-94-30-39-20-38(21-43(22-39)91-18-5-3-4-6-19-92-66-28-51(79)67-34)29-93-31-48(54(63)82)72-57(85)45(25-40-27-64-33-65-40)68-56(84)44(23-36-9-13-41(77)14-10-36)70-61(89)53(35(2)76)74-58(86)46(26-52(80)81)69-60(88)50-8-7-17-75(50)62(90)47(71-59(49)87)24-37-11-15-42(78)16-12-37/h9-16,20-22,27-28,33-35,44-50,53,76-78H,3-8,17-19,23-26,29-32H2,1-2H3,(H2,63,82)(H,64,65)(H,67,79)(H,68,84)(H,69,88)(H,70,89)(H,71,87)(H,72,85)(H,73,83)(H,74,86)(H,80,81)/p-1/b66-28+/t34-,35+,44-,45-,46-,47-,48-,49-,50-,53-/m0/s1. The molecule has 0 saturated carbocycles. The van der Waals surface area contributed by atoms with Crippen LogP contribution in [0.2, 0.25) is 0 Å². The molecule has 94 heavy (non-hydrogen) atoms. The summed E-state index contributed by atoms with van der Waals surface area (Å²) in [5.41, 5.74) is 8.48. The second kappa shape index (κ2) is 35.6. The van der Waals surface area contributed by atoms with Crippen molar-refractivity contribution >= 4 is 94.8 Å². The minimum atomic E-state index is -2.03. The number of imidazole rings is 1. The maximum absolute atomic E-state index is 15.0. The summed E-state index contributed by atoms with van der Waals surface area (Å²) in [6.45, 7) is 2.91. The fourth-order valence-corrected chi connectivity index (χ4v) is 12.4. The maximum Gasteiger partial charge on any atom is 0.266 e. The third-order valence-corrected chi connectivity index (χ3v) is 17.6. The topological polar surface area (TPSA) is 457 Å². The third-order valence-electron chi connectivity index (χ3n) is 15.3. The molecule has 32 heteroatoms. The molecule has 3 aliphatic heterocycles. The number of nitrogens with two attached hydrogens (primary N) is 1. The molecule has 506 valence electrons. The number of carbonyl (C=O) groups excluding carboxylic acids is 11. The van der Waals surface area contributed by atoms with Crippen molar-refractivity contribution < 1.29 is 82.7 Å². The van der Waals surface area contributed by atoms with E-state index in [-0.39, 0.29) is 79.8 Å². The van der Waals surface area contributed by atoms with Gasteiger partial charge in [0.1, 0.15) is 84.4 Å². The number of primary amides is 1. The molecule has 4 aromatic rings. The van der Waals surface area contributed by atoms with Gasteiger partial charge in [0.05, 0.1) is 19.0 Å². The monoisotopic (exact) mass is 1340 g/mol. The number of aliphatic hydroxyl groups excluding tert-OH is 1. The Bertz CT molecular complexity index is 3340. The Morgan fingerprint density at radius 3 is 1.88 bits per heavy atom. The van der Waals surface area contributed by atoms with E-state index in [1.807, 2.05) is 18.2 Å². The molecule has 7 rings (SSSR count). The van der Waals surface area contributed by atoms with E-state index in [9.17, 15) is 68.4 Å². The van der Waals surface area contributed by atoms with Crippen LogP contribution in [0.5, 0.6) is 17.2 Å². The maximum atomic E-state index is 15.0. The second-order valence-electron chi connectivity index (χ2n) is 22.9. The van der Waals surface area contributed by atoms with E-state index in [2.05, 4.69) is 57.7 Å². The number of carboxylic acids is 1. The van der Waals surface area contributed by atoms with Crippen molar-refractivity contribution in [2.75, 3.05) is 31.3 Å². The number of H-pyrrole nitrogens is 1. The molecular weight excluding hydrogens is 1260 g/mol. The highest BCUT2D eigenvalue weighted by Gasteiger charge is 2.41. The highest BCUT2D eigenvalue weighted by Crippen LogP contribution is 2.27. The van der Waals surface area contributed by atoms with Gasteiger partial charge < -0.3 is 92.9 Å². The van der Waals surface area contributed by atoms with Crippen molar-refractivity contribution in [3.63, 3.8) is 0 Å². The van der Waals surface area contributed by atoms with E-state index in [1.54, 1.807) is 0 Å². The summed E-state index contributed by atoms with van der Waals surface area (Å²) in [6.07, 6.45) is 2.78. The lowest BCUT2D eigenvalue weighted by Crippen LogP contribution is -2.62. The number of aliphatic carboxylic acids is 1. The minimum absolute atomic E-state index is 0.0289. The van der Waals surface area contributed by atoms with Crippen molar-refractivity contribution in [3.8, 4) is 17.2 Å². The molecule has 1 fully saturated rings. The Morgan fingerprint density at radius 1 is 0.670 bits per heavy atom. The molecule has 1 saturated heterocycles. The molecule has 4 bridgehead atoms. The summed E-state index contributed by atoms with van der Waals surface area (Å²) >= 11 is 2.44. The molecule has 0 spiro atoms. The predicted octanol–water partition coefficient (Wildman–Crippen LogP) is -2.12. The summed E-state index contributed by atoms with van der Waals surface area (Å²) < 4.78 is 6.27. The van der Waals surface area contributed by atoms with E-state index in [1.165, 1.54) is 91.5 Å². The Hall–Kier alpha value is -9.43. The van der Waals surface area contributed by atoms with Crippen LogP contribution in [0.4, 0.5) is 0 Å². The van der Waals surface area contributed by atoms with E-state index in [0.717, 1.165) is 30.9 Å². The van der Waals surface area contributed by atoms with Crippen LogP contribution < -0.4 is 58.1 Å². The van der Waals surface area contributed by atoms with Gasteiger partial charge in [0.15, 0.2) is 0 Å². The number of fused-ring (bicyclic) bond motifs is 6. The van der Waals surface area contributed by atoms with Crippen molar-refractivity contribution in [3.05, 3.63) is 107 Å². The molecule has 14 N–H and O–H groups in total. The first-order chi connectivity index (χ1) is 45.0. The second-order valence-corrected chi connectivity index (χ2v) is 24.9. The highest BCUT2D eigenvalue weighted by molar-refractivity contribution is 7.98. The molecule has 0 aliphatic carbocycles. The molecule has 3 aliphatic rings. The number of benzene rings is 3. The quantitative estimate of drug-likeness (QED) is 0.0807. The van der Waals surface area contributed by atoms with Gasteiger partial charge in [-0.15, -0.1) is 0 Å². The number of hydrogen-bond acceptors (Lipinski definition) is 21. The van der Waals surface area contributed by atoms with Gasteiger partial charge >= 0.3 is 0 Å². The number of thioether (sulfide) groups is 2. The lowest BCUT2D eigenvalue weighted by molar-refractivity contribution is -0.306. The average molecular weight is 1340 g/mol. The normalized spacial score (nSPS) is 25.1. The lowest BCUT2D eigenvalue weighted by atomic mass is 10.0. The number of hydrogen-bond donors (Lipinski definition) is 13. The molecule has 30 nitrogen and oxygen atoms in total. The van der Waals surface area contributed by atoms with Gasteiger partial charge in [-0.2, -0.15) is 23.5 Å². The van der Waals surface area contributed by atoms with Crippen LogP contribution in [0.25, 0.3) is 0 Å². The van der Waals surface area contributed by atoms with Gasteiger partial charge in [-0.3, -0.25) is 47.9 Å². The number of phenols is 2. The van der Waals surface area contributed by atoms with Gasteiger partial charge in [0.25, 0.3) is 5.91 Å². The van der Waals surface area contributed by atoms with Gasteiger partial charge in [0, 0.05) is 73.1 Å². The largest absolute Gasteiger partial charge is 0.550 e. The number of aromatic hydroxyl groups is 2. The van der Waals surface area contributed by atoms with Crippen LogP contribution in [0, 0.1) is 0 Å².